The average molecular weight is 344 g/mol. The quantitative estimate of drug-likeness (QED) is 0.912. The molecule has 0 aliphatic carbocycles. The molecule has 3 rings (SSSR count). The first kappa shape index (κ1) is 17.3. The van der Waals surface area contributed by atoms with Crippen LogP contribution in [-0.4, -0.2) is 38.6 Å². The van der Waals surface area contributed by atoms with E-state index < -0.39 is 0 Å². The van der Waals surface area contributed by atoms with Gasteiger partial charge in [0, 0.05) is 24.3 Å². The molecule has 0 amide bonds. The van der Waals surface area contributed by atoms with Crippen molar-refractivity contribution in [3.05, 3.63) is 27.1 Å². The van der Waals surface area contributed by atoms with Gasteiger partial charge in [0.1, 0.15) is 5.01 Å². The second-order valence-corrected chi connectivity index (χ2v) is 6.86. The highest BCUT2D eigenvalue weighted by atomic mass is 35.5. The zero-order chi connectivity index (χ0) is 15.0. The lowest BCUT2D eigenvalue weighted by atomic mass is 9.91. The van der Waals surface area contributed by atoms with Gasteiger partial charge in [-0.2, -0.15) is 9.61 Å². The van der Waals surface area contributed by atoms with Gasteiger partial charge in [0.15, 0.2) is 0 Å². The Morgan fingerprint density at radius 3 is 3.00 bits per heavy atom. The number of hydrogen-bond donors (Lipinski definition) is 1. The van der Waals surface area contributed by atoms with Crippen molar-refractivity contribution >= 4 is 28.7 Å². The molecule has 2 unspecified atom stereocenters. The van der Waals surface area contributed by atoms with Crippen LogP contribution in [0.15, 0.2) is 10.9 Å². The number of rotatable bonds is 3. The van der Waals surface area contributed by atoms with Gasteiger partial charge in [0.25, 0.3) is 5.56 Å². The van der Waals surface area contributed by atoms with Gasteiger partial charge in [-0.05, 0) is 32.2 Å². The molecular weight excluding hydrogens is 322 g/mol. The molecule has 2 aromatic heterocycles. The summed E-state index contributed by atoms with van der Waals surface area (Å²) in [6, 6.07) is 1.92. The zero-order valence-corrected chi connectivity index (χ0v) is 14.5. The lowest BCUT2D eigenvalue weighted by Crippen LogP contribution is -2.48. The van der Waals surface area contributed by atoms with Crippen LogP contribution >= 0.6 is 23.7 Å². The van der Waals surface area contributed by atoms with Crippen molar-refractivity contribution in [1.82, 2.24) is 19.5 Å². The number of nitrogens with zero attached hydrogens (tertiary/aromatic N) is 4. The van der Waals surface area contributed by atoms with Crippen molar-refractivity contribution in [2.24, 2.45) is 11.7 Å². The fraction of sp³-hybridized carbons (Fsp3) is 0.643. The Labute approximate surface area is 139 Å². The normalized spacial score (nSPS) is 22.7. The highest BCUT2D eigenvalue weighted by Crippen LogP contribution is 2.25. The van der Waals surface area contributed by atoms with Crippen LogP contribution in [0.1, 0.15) is 30.5 Å². The Bertz CT molecular complexity index is 700. The third-order valence-electron chi connectivity index (χ3n) is 4.23. The van der Waals surface area contributed by atoms with Crippen molar-refractivity contribution in [3.63, 3.8) is 0 Å². The average Bonchev–Trinajstić information content (AvgIpc) is 2.82. The summed E-state index contributed by atoms with van der Waals surface area (Å²) in [6.45, 7) is 6.56. The highest BCUT2D eigenvalue weighted by molar-refractivity contribution is 7.16. The van der Waals surface area contributed by atoms with Crippen LogP contribution in [0.2, 0.25) is 0 Å². The number of hydrogen-bond acceptors (Lipinski definition) is 6. The highest BCUT2D eigenvalue weighted by Gasteiger charge is 2.28. The summed E-state index contributed by atoms with van der Waals surface area (Å²) in [7, 11) is 0. The molecule has 0 bridgehead atoms. The molecule has 2 atom stereocenters. The molecule has 1 saturated heterocycles. The second-order valence-electron chi connectivity index (χ2n) is 5.82. The van der Waals surface area contributed by atoms with Gasteiger partial charge in [-0.3, -0.25) is 9.69 Å². The molecule has 22 heavy (non-hydrogen) atoms. The van der Waals surface area contributed by atoms with E-state index in [1.807, 2.05) is 6.92 Å². The van der Waals surface area contributed by atoms with E-state index in [2.05, 4.69) is 21.9 Å². The van der Waals surface area contributed by atoms with E-state index in [-0.39, 0.29) is 18.0 Å². The van der Waals surface area contributed by atoms with Crippen LogP contribution in [0.3, 0.4) is 0 Å². The van der Waals surface area contributed by atoms with E-state index in [1.54, 1.807) is 0 Å². The van der Waals surface area contributed by atoms with Crippen molar-refractivity contribution in [2.45, 2.75) is 39.3 Å². The molecule has 2 N–H and O–H groups in total. The molecule has 1 aliphatic rings. The van der Waals surface area contributed by atoms with Crippen LogP contribution in [0, 0.1) is 12.8 Å². The van der Waals surface area contributed by atoms with E-state index in [4.69, 9.17) is 5.73 Å². The summed E-state index contributed by atoms with van der Waals surface area (Å²) < 4.78 is 1.40. The number of aromatic nitrogens is 3. The lowest BCUT2D eigenvalue weighted by molar-refractivity contribution is 0.0987. The maximum Gasteiger partial charge on any atom is 0.275 e. The Hall–Kier alpha value is -1.02. The standard InChI is InChI=1S/C14H21N5OS.ClH/c1-9-4-3-5-18(11(9)7-15)8-12-17-19-13(20)6-10(2)16-14(19)21-12;/h6,9,11H,3-5,7-8,15H2,1-2H3;1H. The Morgan fingerprint density at radius 1 is 1.50 bits per heavy atom. The van der Waals surface area contributed by atoms with Gasteiger partial charge in [0.05, 0.1) is 6.54 Å². The number of halogens is 1. The van der Waals surface area contributed by atoms with Crippen molar-refractivity contribution in [1.29, 1.82) is 0 Å². The summed E-state index contributed by atoms with van der Waals surface area (Å²) in [5.74, 6) is 0.612. The van der Waals surface area contributed by atoms with Crippen LogP contribution in [-0.2, 0) is 6.54 Å². The fourth-order valence-corrected chi connectivity index (χ4v) is 4.08. The summed E-state index contributed by atoms with van der Waals surface area (Å²) in [5, 5.41) is 5.35. The molecule has 3 heterocycles. The van der Waals surface area contributed by atoms with Gasteiger partial charge in [-0.15, -0.1) is 12.4 Å². The van der Waals surface area contributed by atoms with Crippen LogP contribution < -0.4 is 11.3 Å². The summed E-state index contributed by atoms with van der Waals surface area (Å²) in [6.07, 6.45) is 2.43. The van der Waals surface area contributed by atoms with E-state index in [9.17, 15) is 4.79 Å². The Kier molecular flexibility index (Phi) is 5.55. The van der Waals surface area contributed by atoms with Crippen LogP contribution in [0.25, 0.3) is 4.96 Å². The summed E-state index contributed by atoms with van der Waals surface area (Å²) >= 11 is 1.49. The predicted octanol–water partition coefficient (Wildman–Crippen LogP) is 1.44. The molecule has 0 spiro atoms. The Balaban J connectivity index is 0.00000176. The molecule has 1 fully saturated rings. The lowest BCUT2D eigenvalue weighted by Gasteiger charge is -2.38. The molecule has 0 saturated carbocycles. The first-order valence-corrected chi connectivity index (χ1v) is 8.20. The molecule has 8 heteroatoms. The molecule has 6 nitrogen and oxygen atoms in total. The largest absolute Gasteiger partial charge is 0.329 e. The molecular formula is C14H22ClN5OS. The number of piperidine rings is 1. The zero-order valence-electron chi connectivity index (χ0n) is 12.9. The van der Waals surface area contributed by atoms with Crippen molar-refractivity contribution in [3.8, 4) is 0 Å². The van der Waals surface area contributed by atoms with E-state index in [1.165, 1.54) is 34.8 Å². The number of aryl methyl sites for hydroxylation is 1. The van der Waals surface area contributed by atoms with Crippen LogP contribution in [0.5, 0.6) is 0 Å². The van der Waals surface area contributed by atoms with E-state index >= 15 is 0 Å². The first-order valence-electron chi connectivity index (χ1n) is 7.39. The minimum atomic E-state index is -0.109. The maximum atomic E-state index is 11.9. The third-order valence-corrected chi connectivity index (χ3v) is 5.12. The molecule has 122 valence electrons. The van der Waals surface area contributed by atoms with Crippen LogP contribution in [0.4, 0.5) is 0 Å². The minimum absolute atomic E-state index is 0. The topological polar surface area (TPSA) is 76.5 Å². The van der Waals surface area contributed by atoms with Gasteiger partial charge in [-0.25, -0.2) is 4.98 Å². The van der Waals surface area contributed by atoms with Gasteiger partial charge < -0.3 is 5.73 Å². The monoisotopic (exact) mass is 343 g/mol. The summed E-state index contributed by atoms with van der Waals surface area (Å²) in [4.78, 5) is 19.4. The molecule has 2 aromatic rings. The molecule has 0 aromatic carbocycles. The second kappa shape index (κ2) is 7.04. The fourth-order valence-electron chi connectivity index (χ4n) is 3.11. The van der Waals surface area contributed by atoms with Gasteiger partial charge in [-0.1, -0.05) is 18.3 Å². The number of likely N-dealkylation sites (tertiary alicyclic amines) is 1. The predicted molar refractivity (Wildman–Crippen MR) is 90.8 cm³/mol. The van der Waals surface area contributed by atoms with Gasteiger partial charge >= 0.3 is 0 Å². The number of fused-ring (bicyclic) bond motifs is 1. The Morgan fingerprint density at radius 2 is 2.27 bits per heavy atom. The number of nitrogens with two attached hydrogens (primary N) is 1. The summed E-state index contributed by atoms with van der Waals surface area (Å²) in [5.41, 5.74) is 6.56. The SMILES string of the molecule is Cc1cc(=O)n2nc(CN3CCCC(C)C3CN)sc2n1.Cl. The van der Waals surface area contributed by atoms with Crippen molar-refractivity contribution in [2.75, 3.05) is 13.1 Å². The third kappa shape index (κ3) is 3.32. The first-order chi connectivity index (χ1) is 10.1. The van der Waals surface area contributed by atoms with E-state index in [0.29, 0.717) is 23.5 Å². The van der Waals surface area contributed by atoms with Crippen molar-refractivity contribution < 1.29 is 0 Å². The minimum Gasteiger partial charge on any atom is -0.329 e. The van der Waals surface area contributed by atoms with Gasteiger partial charge in [0.2, 0.25) is 4.96 Å². The van der Waals surface area contributed by atoms with E-state index in [0.717, 1.165) is 23.8 Å². The maximum absolute atomic E-state index is 11.9. The molecule has 0 radical (unpaired) electrons. The smallest absolute Gasteiger partial charge is 0.275 e. The molecule has 1 aliphatic heterocycles.